The van der Waals surface area contributed by atoms with Gasteiger partial charge in [-0.25, -0.2) is 15.4 Å². The minimum Gasteiger partial charge on any atom is -0.494 e. The number of hydrogen-bond acceptors (Lipinski definition) is 9. The van der Waals surface area contributed by atoms with E-state index in [0.29, 0.717) is 35.6 Å². The van der Waals surface area contributed by atoms with Crippen LogP contribution in [0.5, 0.6) is 5.75 Å². The highest BCUT2D eigenvalue weighted by Crippen LogP contribution is 2.31. The van der Waals surface area contributed by atoms with E-state index in [-0.39, 0.29) is 24.2 Å². The van der Waals surface area contributed by atoms with E-state index in [0.717, 1.165) is 15.5 Å². The van der Waals surface area contributed by atoms with Crippen molar-refractivity contribution in [2.75, 3.05) is 11.9 Å². The van der Waals surface area contributed by atoms with Gasteiger partial charge in [-0.15, -0.1) is 11.8 Å². The number of carbonyl (C=O) groups is 2. The van der Waals surface area contributed by atoms with E-state index in [1.165, 1.54) is 11.3 Å². The molecule has 0 saturated carbocycles. The van der Waals surface area contributed by atoms with Gasteiger partial charge in [0.1, 0.15) is 11.5 Å². The highest BCUT2D eigenvalue weighted by atomic mass is 32.2. The number of amides is 2. The molecule has 3 rings (SSSR count). The Morgan fingerprint density at radius 2 is 1.91 bits per heavy atom. The highest BCUT2D eigenvalue weighted by molar-refractivity contribution is 8.00. The molecule has 3 N–H and O–H groups in total. The van der Waals surface area contributed by atoms with Crippen molar-refractivity contribution >= 4 is 40.0 Å². The number of aromatic nitrogens is 2. The molecule has 2 heterocycles. The molecule has 0 radical (unpaired) electrons. The lowest BCUT2D eigenvalue weighted by Crippen LogP contribution is -2.18. The molecule has 182 valence electrons. The first-order chi connectivity index (χ1) is 16.2. The zero-order chi connectivity index (χ0) is 24.6. The Balaban J connectivity index is 1.41. The van der Waals surface area contributed by atoms with Gasteiger partial charge in [0.2, 0.25) is 17.7 Å². The Labute approximate surface area is 206 Å². The molecule has 0 saturated heterocycles. The molecule has 0 atom stereocenters. The Hall–Kier alpha value is -2.89. The van der Waals surface area contributed by atoms with Gasteiger partial charge in [0, 0.05) is 11.8 Å². The fourth-order valence-electron chi connectivity index (χ4n) is 2.77. The third kappa shape index (κ3) is 8.15. The number of hydrogen-bond donors (Lipinski definition) is 3. The van der Waals surface area contributed by atoms with Gasteiger partial charge in [-0.1, -0.05) is 44.2 Å². The van der Waals surface area contributed by atoms with Crippen LogP contribution in [0, 0.1) is 0 Å². The number of nitrogens with zero attached hydrogens (tertiary/aromatic N) is 2. The molecule has 0 bridgehead atoms. The van der Waals surface area contributed by atoms with Gasteiger partial charge in [-0.2, -0.15) is 0 Å². The molecule has 0 spiro atoms. The number of benzene rings is 1. The van der Waals surface area contributed by atoms with Crippen molar-refractivity contribution in [2.24, 2.45) is 0 Å². The van der Waals surface area contributed by atoms with Crippen LogP contribution in [-0.4, -0.2) is 33.6 Å². The van der Waals surface area contributed by atoms with E-state index in [4.69, 9.17) is 14.4 Å². The van der Waals surface area contributed by atoms with Gasteiger partial charge in [0.15, 0.2) is 5.13 Å². The monoisotopic (exact) mass is 504 g/mol. The van der Waals surface area contributed by atoms with Crippen LogP contribution in [0.2, 0.25) is 0 Å². The summed E-state index contributed by atoms with van der Waals surface area (Å²) in [5.41, 5.74) is 2.35. The smallest absolute Gasteiger partial charge is 0.243 e. The predicted octanol–water partition coefficient (Wildman–Crippen LogP) is 4.57. The lowest BCUT2D eigenvalue weighted by molar-refractivity contribution is -0.129. The first-order valence-electron chi connectivity index (χ1n) is 10.7. The number of thioether (sulfide) groups is 1. The summed E-state index contributed by atoms with van der Waals surface area (Å²) in [5.74, 6) is 2.16. The molecule has 0 fully saturated rings. The quantitative estimate of drug-likeness (QED) is 0.150. The first-order valence-corrected chi connectivity index (χ1v) is 12.5. The Bertz CT molecular complexity index is 1090. The second kappa shape index (κ2) is 12.0. The van der Waals surface area contributed by atoms with Crippen LogP contribution in [0.3, 0.4) is 0 Å². The van der Waals surface area contributed by atoms with E-state index >= 15 is 0 Å². The van der Waals surface area contributed by atoms with E-state index in [1.807, 2.05) is 12.1 Å². The van der Waals surface area contributed by atoms with Gasteiger partial charge in [-0.3, -0.25) is 14.8 Å². The molecular weight excluding hydrogens is 476 g/mol. The number of nitrogens with one attached hydrogen (secondary N) is 2. The van der Waals surface area contributed by atoms with Crippen molar-refractivity contribution in [1.82, 2.24) is 15.4 Å². The molecule has 2 aromatic heterocycles. The van der Waals surface area contributed by atoms with E-state index in [9.17, 15) is 9.59 Å². The number of ether oxygens (including phenoxy) is 1. The lowest BCUT2D eigenvalue weighted by Gasteiger charge is -2.12. The third-order valence-corrected chi connectivity index (χ3v) is 6.68. The van der Waals surface area contributed by atoms with Crippen molar-refractivity contribution in [3.05, 3.63) is 53.9 Å². The largest absolute Gasteiger partial charge is 0.494 e. The van der Waals surface area contributed by atoms with Crippen LogP contribution < -0.4 is 15.5 Å². The summed E-state index contributed by atoms with van der Waals surface area (Å²) in [4.78, 5) is 32.0. The summed E-state index contributed by atoms with van der Waals surface area (Å²) >= 11 is 2.97. The van der Waals surface area contributed by atoms with Crippen molar-refractivity contribution in [3.8, 4) is 5.75 Å². The van der Waals surface area contributed by atoms with Crippen molar-refractivity contribution < 1.29 is 24.0 Å². The topological polar surface area (TPSA) is 127 Å². The first kappa shape index (κ1) is 25.7. The minimum atomic E-state index is -0.444. The molecule has 1 aromatic carbocycles. The zero-order valence-corrected chi connectivity index (χ0v) is 20.9. The van der Waals surface area contributed by atoms with Crippen molar-refractivity contribution in [2.45, 2.75) is 55.4 Å². The van der Waals surface area contributed by atoms with Gasteiger partial charge >= 0.3 is 0 Å². The predicted molar refractivity (Wildman–Crippen MR) is 130 cm³/mol. The highest BCUT2D eigenvalue weighted by Gasteiger charge is 2.19. The molecule has 2 amide bonds. The summed E-state index contributed by atoms with van der Waals surface area (Å²) in [6.45, 7) is 6.59. The van der Waals surface area contributed by atoms with Gasteiger partial charge in [-0.05, 0) is 24.1 Å². The molecule has 34 heavy (non-hydrogen) atoms. The van der Waals surface area contributed by atoms with Crippen LogP contribution in [0.1, 0.15) is 50.8 Å². The van der Waals surface area contributed by atoms with Crippen LogP contribution in [0.4, 0.5) is 5.13 Å². The lowest BCUT2D eigenvalue weighted by atomic mass is 9.94. The summed E-state index contributed by atoms with van der Waals surface area (Å²) in [7, 11) is 0. The average molecular weight is 505 g/mol. The van der Waals surface area contributed by atoms with Crippen molar-refractivity contribution in [1.29, 1.82) is 0 Å². The fourth-order valence-corrected chi connectivity index (χ4v) is 4.51. The van der Waals surface area contributed by atoms with Crippen molar-refractivity contribution in [3.63, 3.8) is 0 Å². The number of anilines is 1. The minimum absolute atomic E-state index is 0.0780. The maximum Gasteiger partial charge on any atom is 0.243 e. The van der Waals surface area contributed by atoms with Crippen LogP contribution in [0.15, 0.2) is 45.3 Å². The third-order valence-electron chi connectivity index (χ3n) is 4.59. The zero-order valence-electron chi connectivity index (χ0n) is 19.3. The number of carbonyl (C=O) groups excluding carboxylic acids is 2. The maximum absolute atomic E-state index is 12.4. The van der Waals surface area contributed by atoms with Gasteiger partial charge in [0.05, 0.1) is 35.4 Å². The molecular formula is C23H28N4O5S2. The molecule has 0 aliphatic carbocycles. The van der Waals surface area contributed by atoms with E-state index in [2.05, 4.69) is 36.1 Å². The molecule has 0 aliphatic heterocycles. The normalized spacial score (nSPS) is 11.3. The second-order valence-electron chi connectivity index (χ2n) is 8.50. The SMILES string of the molecule is CC(C)(C)c1cnc(CSc2cnc(NC(=O)Cc3ccc(OCCCC(=O)NO)cc3)s2)o1. The number of rotatable bonds is 11. The number of thiazole rings is 1. The Morgan fingerprint density at radius 3 is 2.59 bits per heavy atom. The molecule has 11 heteroatoms. The summed E-state index contributed by atoms with van der Waals surface area (Å²) in [6.07, 6.45) is 4.38. The molecule has 0 unspecified atom stereocenters. The average Bonchev–Trinajstić information content (AvgIpc) is 3.45. The number of oxazole rings is 1. The molecule has 0 aliphatic rings. The van der Waals surface area contributed by atoms with Crippen LogP contribution in [0.25, 0.3) is 0 Å². The number of hydroxylamine groups is 1. The fraction of sp³-hybridized carbons (Fsp3) is 0.391. The standard InChI is InChI=1S/C23H28N4O5S2/c1-23(2,3)17-12-24-20(32-17)14-33-21-13-25-22(34-21)26-19(29)11-15-6-8-16(9-7-15)31-10-4-5-18(28)27-30/h6-9,12-13,30H,4-5,10-11,14H2,1-3H3,(H,27,28)(H,25,26,29). The van der Waals surface area contributed by atoms with Crippen LogP contribution in [-0.2, 0) is 27.2 Å². The Morgan fingerprint density at radius 1 is 1.15 bits per heavy atom. The van der Waals surface area contributed by atoms with E-state index < -0.39 is 5.91 Å². The maximum atomic E-state index is 12.4. The molecule has 3 aromatic rings. The van der Waals surface area contributed by atoms with Gasteiger partial charge in [0.25, 0.3) is 0 Å². The summed E-state index contributed by atoms with van der Waals surface area (Å²) in [6, 6.07) is 7.20. The summed E-state index contributed by atoms with van der Waals surface area (Å²) in [5, 5.41) is 11.8. The summed E-state index contributed by atoms with van der Waals surface area (Å²) < 4.78 is 12.3. The van der Waals surface area contributed by atoms with E-state index in [1.54, 1.807) is 41.8 Å². The Kier molecular flexibility index (Phi) is 9.08. The van der Waals surface area contributed by atoms with Crippen LogP contribution >= 0.6 is 23.1 Å². The molecule has 9 nitrogen and oxygen atoms in total. The van der Waals surface area contributed by atoms with Gasteiger partial charge < -0.3 is 14.5 Å². The second-order valence-corrected chi connectivity index (χ2v) is 10.8.